The van der Waals surface area contributed by atoms with Gasteiger partial charge in [0, 0.05) is 23.3 Å². The van der Waals surface area contributed by atoms with Crippen molar-refractivity contribution >= 4 is 22.6 Å². The molecule has 0 radical (unpaired) electrons. The summed E-state index contributed by atoms with van der Waals surface area (Å²) in [5.41, 5.74) is 0.0184. The number of hydrogen-bond acceptors (Lipinski definition) is 3. The lowest BCUT2D eigenvalue weighted by molar-refractivity contribution is 0.0783. The third kappa shape index (κ3) is 2.01. The molecule has 3 rings (SSSR count). The van der Waals surface area contributed by atoms with Gasteiger partial charge < -0.3 is 9.52 Å². The van der Waals surface area contributed by atoms with Gasteiger partial charge >= 0.3 is 0 Å². The molecule has 3 nitrogen and oxygen atoms in total. The van der Waals surface area contributed by atoms with Crippen molar-refractivity contribution in [1.82, 2.24) is 4.98 Å². The summed E-state index contributed by atoms with van der Waals surface area (Å²) in [5, 5.41) is 12.1. The van der Waals surface area contributed by atoms with E-state index in [1.54, 1.807) is 37.5 Å². The third-order valence-corrected chi connectivity index (χ3v) is 3.50. The minimum atomic E-state index is -1.24. The van der Waals surface area contributed by atoms with E-state index in [1.165, 1.54) is 0 Å². The number of hydrogen-bond donors (Lipinski definition) is 1. The molecule has 2 aromatic heterocycles. The Hall–Kier alpha value is -1.84. The molecule has 0 amide bonds. The van der Waals surface area contributed by atoms with E-state index >= 15 is 0 Å². The van der Waals surface area contributed by atoms with Crippen molar-refractivity contribution < 1.29 is 9.52 Å². The van der Waals surface area contributed by atoms with Crippen LogP contribution in [0.5, 0.6) is 0 Å². The molecule has 1 unspecified atom stereocenters. The maximum Gasteiger partial charge on any atom is 0.153 e. The average Bonchev–Trinajstić information content (AvgIpc) is 2.86. The van der Waals surface area contributed by atoms with E-state index in [4.69, 9.17) is 16.0 Å². The van der Waals surface area contributed by atoms with Crippen molar-refractivity contribution in [3.05, 3.63) is 65.1 Å². The molecular formula is C15H12ClNO2. The van der Waals surface area contributed by atoms with Crippen LogP contribution < -0.4 is 0 Å². The minimum Gasteiger partial charge on any atom is -0.456 e. The zero-order valence-electron chi connectivity index (χ0n) is 10.3. The van der Waals surface area contributed by atoms with Crippen molar-refractivity contribution in [1.29, 1.82) is 0 Å². The van der Waals surface area contributed by atoms with Crippen molar-refractivity contribution in [2.45, 2.75) is 12.5 Å². The Balaban J connectivity index is 2.16. The highest BCUT2D eigenvalue weighted by Gasteiger charge is 2.30. The number of halogens is 1. The highest BCUT2D eigenvalue weighted by molar-refractivity contribution is 6.34. The molecule has 3 aromatic rings. The normalized spacial score (nSPS) is 14.5. The summed E-state index contributed by atoms with van der Waals surface area (Å²) < 4.78 is 5.71. The van der Waals surface area contributed by atoms with Crippen LogP contribution in [-0.2, 0) is 5.60 Å². The zero-order valence-corrected chi connectivity index (χ0v) is 11.1. The number of rotatable bonds is 2. The van der Waals surface area contributed by atoms with Crippen LogP contribution in [0.3, 0.4) is 0 Å². The van der Waals surface area contributed by atoms with Crippen molar-refractivity contribution in [3.63, 3.8) is 0 Å². The molecule has 0 fully saturated rings. The minimum absolute atomic E-state index is 0.448. The molecule has 4 heteroatoms. The molecule has 0 bridgehead atoms. The lowest BCUT2D eigenvalue weighted by Crippen LogP contribution is -2.22. The number of benzene rings is 1. The number of nitrogens with zero attached hydrogens (tertiary/aromatic N) is 1. The first-order valence-corrected chi connectivity index (χ1v) is 6.28. The number of para-hydroxylation sites is 1. The van der Waals surface area contributed by atoms with Gasteiger partial charge in [-0.05, 0) is 25.1 Å². The molecule has 0 saturated carbocycles. The first-order valence-electron chi connectivity index (χ1n) is 5.90. The standard InChI is InChI=1S/C15H12ClNO2/c1-15(18,11-5-3-7-17-9-11)13-8-10-4-2-6-12(16)14(10)19-13/h2-9,18H,1H3. The fourth-order valence-electron chi connectivity index (χ4n) is 2.06. The van der Waals surface area contributed by atoms with Crippen LogP contribution in [0.15, 0.2) is 53.2 Å². The van der Waals surface area contributed by atoms with Crippen molar-refractivity contribution in [2.75, 3.05) is 0 Å². The van der Waals surface area contributed by atoms with E-state index in [-0.39, 0.29) is 0 Å². The Labute approximate surface area is 115 Å². The van der Waals surface area contributed by atoms with E-state index in [0.29, 0.717) is 21.9 Å². The van der Waals surface area contributed by atoms with Gasteiger partial charge in [0.25, 0.3) is 0 Å². The van der Waals surface area contributed by atoms with Gasteiger partial charge in [-0.1, -0.05) is 29.8 Å². The second kappa shape index (κ2) is 4.37. The molecule has 1 atom stereocenters. The van der Waals surface area contributed by atoms with Gasteiger partial charge in [-0.3, -0.25) is 4.98 Å². The lowest BCUT2D eigenvalue weighted by atomic mass is 9.95. The summed E-state index contributed by atoms with van der Waals surface area (Å²) in [7, 11) is 0. The highest BCUT2D eigenvalue weighted by atomic mass is 35.5. The molecular weight excluding hydrogens is 262 g/mol. The Bertz CT molecular complexity index is 719. The van der Waals surface area contributed by atoms with Crippen LogP contribution in [0.2, 0.25) is 5.02 Å². The van der Waals surface area contributed by atoms with Crippen LogP contribution in [0.25, 0.3) is 11.0 Å². The fraction of sp³-hybridized carbons (Fsp3) is 0.133. The zero-order chi connectivity index (χ0) is 13.5. The largest absolute Gasteiger partial charge is 0.456 e. The number of aromatic nitrogens is 1. The van der Waals surface area contributed by atoms with Gasteiger partial charge in [-0.25, -0.2) is 0 Å². The van der Waals surface area contributed by atoms with Gasteiger partial charge in [-0.2, -0.15) is 0 Å². The predicted molar refractivity (Wildman–Crippen MR) is 74.1 cm³/mol. The number of fused-ring (bicyclic) bond motifs is 1. The van der Waals surface area contributed by atoms with Gasteiger partial charge in [-0.15, -0.1) is 0 Å². The van der Waals surface area contributed by atoms with E-state index in [2.05, 4.69) is 4.98 Å². The molecule has 0 aliphatic carbocycles. The summed E-state index contributed by atoms with van der Waals surface area (Å²) in [6.07, 6.45) is 3.28. The molecule has 1 N–H and O–H groups in total. The van der Waals surface area contributed by atoms with Crippen LogP contribution >= 0.6 is 11.6 Å². The second-order valence-electron chi connectivity index (χ2n) is 4.58. The Kier molecular flexibility index (Phi) is 2.81. The number of pyridine rings is 1. The smallest absolute Gasteiger partial charge is 0.153 e. The first kappa shape index (κ1) is 12.2. The van der Waals surface area contributed by atoms with E-state index in [0.717, 1.165) is 5.39 Å². The number of furan rings is 1. The summed E-state index contributed by atoms with van der Waals surface area (Å²) in [5.74, 6) is 0.448. The van der Waals surface area contributed by atoms with Gasteiger partial charge in [0.1, 0.15) is 11.4 Å². The van der Waals surface area contributed by atoms with Crippen LogP contribution in [-0.4, -0.2) is 10.1 Å². The summed E-state index contributed by atoms with van der Waals surface area (Å²) in [4.78, 5) is 4.02. The van der Waals surface area contributed by atoms with Crippen LogP contribution in [0, 0.1) is 0 Å². The molecule has 0 aliphatic heterocycles. The van der Waals surface area contributed by atoms with Gasteiger partial charge in [0.15, 0.2) is 5.58 Å². The fourth-order valence-corrected chi connectivity index (χ4v) is 2.28. The van der Waals surface area contributed by atoms with Gasteiger partial charge in [0.2, 0.25) is 0 Å². The predicted octanol–water partition coefficient (Wildman–Crippen LogP) is 3.74. The van der Waals surface area contributed by atoms with Crippen molar-refractivity contribution in [2.24, 2.45) is 0 Å². The van der Waals surface area contributed by atoms with E-state index < -0.39 is 5.60 Å². The summed E-state index contributed by atoms with van der Waals surface area (Å²) in [6, 6.07) is 10.9. The Morgan fingerprint density at radius 2 is 2.11 bits per heavy atom. The maximum absolute atomic E-state index is 10.7. The van der Waals surface area contributed by atoms with Gasteiger partial charge in [0.05, 0.1) is 5.02 Å². The molecule has 0 aliphatic rings. The topological polar surface area (TPSA) is 46.3 Å². The average molecular weight is 274 g/mol. The molecule has 2 heterocycles. The first-order chi connectivity index (χ1) is 9.09. The Morgan fingerprint density at radius 3 is 2.79 bits per heavy atom. The quantitative estimate of drug-likeness (QED) is 0.774. The third-order valence-electron chi connectivity index (χ3n) is 3.20. The van der Waals surface area contributed by atoms with Crippen LogP contribution in [0.4, 0.5) is 0 Å². The molecule has 0 spiro atoms. The van der Waals surface area contributed by atoms with E-state index in [9.17, 15) is 5.11 Å². The molecule has 19 heavy (non-hydrogen) atoms. The highest BCUT2D eigenvalue weighted by Crippen LogP contribution is 2.35. The SMILES string of the molecule is CC(O)(c1cccnc1)c1cc2cccc(Cl)c2o1. The Morgan fingerprint density at radius 1 is 1.26 bits per heavy atom. The van der Waals surface area contributed by atoms with Crippen molar-refractivity contribution in [3.8, 4) is 0 Å². The monoisotopic (exact) mass is 273 g/mol. The summed E-state index contributed by atoms with van der Waals surface area (Å²) in [6.45, 7) is 1.68. The molecule has 96 valence electrons. The second-order valence-corrected chi connectivity index (χ2v) is 4.99. The van der Waals surface area contributed by atoms with Crippen LogP contribution in [0.1, 0.15) is 18.2 Å². The summed E-state index contributed by atoms with van der Waals surface area (Å²) >= 11 is 6.08. The lowest BCUT2D eigenvalue weighted by Gasteiger charge is -2.20. The maximum atomic E-state index is 10.7. The molecule has 0 saturated heterocycles. The number of aliphatic hydroxyl groups is 1. The molecule has 1 aromatic carbocycles. The van der Waals surface area contributed by atoms with E-state index in [1.807, 2.05) is 18.2 Å².